The van der Waals surface area contributed by atoms with E-state index in [1.54, 1.807) is 0 Å². The van der Waals surface area contributed by atoms with Crippen LogP contribution in [0.25, 0.3) is 0 Å². The average molecular weight is 179 g/mol. The molecule has 13 heavy (non-hydrogen) atoms. The van der Waals surface area contributed by atoms with Crippen LogP contribution in [0.1, 0.15) is 13.8 Å². The molecule has 3 heteroatoms. The summed E-state index contributed by atoms with van der Waals surface area (Å²) in [6, 6.07) is 8.09. The van der Waals surface area contributed by atoms with Gasteiger partial charge >= 0.3 is 0 Å². The van der Waals surface area contributed by atoms with Gasteiger partial charge in [-0.2, -0.15) is 0 Å². The predicted molar refractivity (Wildman–Crippen MR) is 57.8 cm³/mol. The number of nitrogens with zero attached hydrogens (tertiary/aromatic N) is 1. The molecule has 0 bridgehead atoms. The molecule has 0 amide bonds. The first-order valence-corrected chi connectivity index (χ1v) is 4.63. The summed E-state index contributed by atoms with van der Waals surface area (Å²) < 4.78 is 0. The van der Waals surface area contributed by atoms with Crippen molar-refractivity contribution in [1.29, 1.82) is 0 Å². The standard InChI is InChI=1S/C10H17N3/c1-3-13(4-2)10-7-5-6-9(8-10)12-11/h5-8,12H,3-4,11H2,1-2H3. The lowest BCUT2D eigenvalue weighted by molar-refractivity contribution is 0.866. The molecule has 3 N–H and O–H groups in total. The van der Waals surface area contributed by atoms with Crippen molar-refractivity contribution in [3.8, 4) is 0 Å². The number of nitrogen functional groups attached to an aromatic ring is 1. The quantitative estimate of drug-likeness (QED) is 0.547. The average Bonchev–Trinajstić information content (AvgIpc) is 2.20. The number of rotatable bonds is 4. The van der Waals surface area contributed by atoms with Crippen LogP contribution in [0.5, 0.6) is 0 Å². The summed E-state index contributed by atoms with van der Waals surface area (Å²) in [4.78, 5) is 2.28. The molecule has 0 aliphatic rings. The van der Waals surface area contributed by atoms with Gasteiger partial charge in [0.2, 0.25) is 0 Å². The summed E-state index contributed by atoms with van der Waals surface area (Å²) in [6.45, 7) is 6.33. The highest BCUT2D eigenvalue weighted by molar-refractivity contribution is 5.57. The van der Waals surface area contributed by atoms with Crippen molar-refractivity contribution < 1.29 is 0 Å². The number of hydrazine groups is 1. The number of hydrogen-bond acceptors (Lipinski definition) is 3. The van der Waals surface area contributed by atoms with Crippen LogP contribution in [0.2, 0.25) is 0 Å². The van der Waals surface area contributed by atoms with Crippen molar-refractivity contribution in [2.75, 3.05) is 23.4 Å². The Hall–Kier alpha value is -1.22. The molecular formula is C10H17N3. The van der Waals surface area contributed by atoms with Crippen molar-refractivity contribution in [2.24, 2.45) is 5.84 Å². The van der Waals surface area contributed by atoms with E-state index in [2.05, 4.69) is 30.2 Å². The van der Waals surface area contributed by atoms with E-state index in [9.17, 15) is 0 Å². The van der Waals surface area contributed by atoms with Gasteiger partial charge in [0.05, 0.1) is 5.69 Å². The minimum atomic E-state index is 0.949. The van der Waals surface area contributed by atoms with Gasteiger partial charge in [-0.3, -0.25) is 5.84 Å². The molecule has 0 heterocycles. The van der Waals surface area contributed by atoms with E-state index in [-0.39, 0.29) is 0 Å². The second kappa shape index (κ2) is 4.72. The van der Waals surface area contributed by atoms with Crippen LogP contribution in [0.4, 0.5) is 11.4 Å². The third-order valence-electron chi connectivity index (χ3n) is 2.14. The fourth-order valence-electron chi connectivity index (χ4n) is 1.38. The van der Waals surface area contributed by atoms with Crippen LogP contribution in [0.3, 0.4) is 0 Å². The summed E-state index contributed by atoms with van der Waals surface area (Å²) in [5.41, 5.74) is 4.80. The van der Waals surface area contributed by atoms with Crippen molar-refractivity contribution >= 4 is 11.4 Å². The molecule has 0 aromatic heterocycles. The van der Waals surface area contributed by atoms with Crippen molar-refractivity contribution in [2.45, 2.75) is 13.8 Å². The molecule has 0 aliphatic carbocycles. The number of benzene rings is 1. The third kappa shape index (κ3) is 2.36. The Kier molecular flexibility index (Phi) is 3.58. The lowest BCUT2D eigenvalue weighted by atomic mass is 10.2. The second-order valence-corrected chi connectivity index (χ2v) is 2.87. The summed E-state index contributed by atoms with van der Waals surface area (Å²) in [7, 11) is 0. The molecule has 0 radical (unpaired) electrons. The van der Waals surface area contributed by atoms with Crippen LogP contribution in [0, 0.1) is 0 Å². The van der Waals surface area contributed by atoms with Crippen LogP contribution < -0.4 is 16.2 Å². The van der Waals surface area contributed by atoms with Crippen molar-refractivity contribution in [3.05, 3.63) is 24.3 Å². The summed E-state index contributed by atoms with van der Waals surface area (Å²) in [6.07, 6.45) is 0. The number of nitrogens with two attached hydrogens (primary N) is 1. The molecule has 3 nitrogen and oxygen atoms in total. The topological polar surface area (TPSA) is 41.3 Å². The van der Waals surface area contributed by atoms with E-state index in [1.807, 2.05) is 18.2 Å². The third-order valence-corrected chi connectivity index (χ3v) is 2.14. The van der Waals surface area contributed by atoms with Gasteiger partial charge in [-0.15, -0.1) is 0 Å². The normalized spacial score (nSPS) is 9.77. The molecule has 0 spiro atoms. The van der Waals surface area contributed by atoms with Gasteiger partial charge in [-0.1, -0.05) is 6.07 Å². The number of nitrogens with one attached hydrogen (secondary N) is 1. The first kappa shape index (κ1) is 9.86. The molecule has 0 saturated heterocycles. The van der Waals surface area contributed by atoms with Gasteiger partial charge in [-0.25, -0.2) is 0 Å². The summed E-state index contributed by atoms with van der Waals surface area (Å²) in [5.74, 6) is 5.33. The molecule has 1 rings (SSSR count). The fraction of sp³-hybridized carbons (Fsp3) is 0.400. The van der Waals surface area contributed by atoms with Gasteiger partial charge in [0.1, 0.15) is 0 Å². The Morgan fingerprint density at radius 2 is 2.00 bits per heavy atom. The van der Waals surface area contributed by atoms with Crippen LogP contribution >= 0.6 is 0 Å². The summed E-state index contributed by atoms with van der Waals surface area (Å²) in [5, 5.41) is 0. The predicted octanol–water partition coefficient (Wildman–Crippen LogP) is 1.82. The van der Waals surface area contributed by atoms with E-state index in [0.29, 0.717) is 0 Å². The van der Waals surface area contributed by atoms with Gasteiger partial charge in [-0.05, 0) is 32.0 Å². The van der Waals surface area contributed by atoms with Gasteiger partial charge in [0, 0.05) is 18.8 Å². The number of anilines is 2. The molecule has 0 fully saturated rings. The maximum Gasteiger partial charge on any atom is 0.0505 e. The molecule has 1 aromatic rings. The van der Waals surface area contributed by atoms with Crippen LogP contribution in [0.15, 0.2) is 24.3 Å². The SMILES string of the molecule is CCN(CC)c1cccc(NN)c1. The van der Waals surface area contributed by atoms with E-state index in [0.717, 1.165) is 18.8 Å². The molecule has 1 aromatic carbocycles. The van der Waals surface area contributed by atoms with E-state index >= 15 is 0 Å². The molecule has 72 valence electrons. The zero-order chi connectivity index (χ0) is 9.68. The highest BCUT2D eigenvalue weighted by atomic mass is 15.2. The minimum absolute atomic E-state index is 0.949. The Balaban J connectivity index is 2.86. The lowest BCUT2D eigenvalue weighted by Crippen LogP contribution is -2.21. The first-order chi connectivity index (χ1) is 6.31. The zero-order valence-corrected chi connectivity index (χ0v) is 8.25. The van der Waals surface area contributed by atoms with Crippen LogP contribution in [-0.4, -0.2) is 13.1 Å². The highest BCUT2D eigenvalue weighted by Gasteiger charge is 2.00. The maximum absolute atomic E-state index is 5.33. The van der Waals surface area contributed by atoms with Crippen molar-refractivity contribution in [3.63, 3.8) is 0 Å². The van der Waals surface area contributed by atoms with Crippen molar-refractivity contribution in [1.82, 2.24) is 0 Å². The van der Waals surface area contributed by atoms with E-state index in [1.165, 1.54) is 5.69 Å². The lowest BCUT2D eigenvalue weighted by Gasteiger charge is -2.21. The molecule has 0 aliphatic heterocycles. The first-order valence-electron chi connectivity index (χ1n) is 4.63. The zero-order valence-electron chi connectivity index (χ0n) is 8.25. The largest absolute Gasteiger partial charge is 0.372 e. The fourth-order valence-corrected chi connectivity index (χ4v) is 1.38. The highest BCUT2D eigenvalue weighted by Crippen LogP contribution is 2.18. The minimum Gasteiger partial charge on any atom is -0.372 e. The summed E-state index contributed by atoms with van der Waals surface area (Å²) >= 11 is 0. The second-order valence-electron chi connectivity index (χ2n) is 2.87. The maximum atomic E-state index is 5.33. The molecular weight excluding hydrogens is 162 g/mol. The number of hydrogen-bond donors (Lipinski definition) is 2. The monoisotopic (exact) mass is 179 g/mol. The molecule has 0 saturated carbocycles. The molecule has 0 unspecified atom stereocenters. The Labute approximate surface area is 79.5 Å². The van der Waals surface area contributed by atoms with Crippen LogP contribution in [-0.2, 0) is 0 Å². The van der Waals surface area contributed by atoms with Gasteiger partial charge in [0.15, 0.2) is 0 Å². The van der Waals surface area contributed by atoms with Gasteiger partial charge < -0.3 is 10.3 Å². The van der Waals surface area contributed by atoms with Gasteiger partial charge in [0.25, 0.3) is 0 Å². The smallest absolute Gasteiger partial charge is 0.0505 e. The molecule has 0 atom stereocenters. The Morgan fingerprint density at radius 1 is 1.31 bits per heavy atom. The van der Waals surface area contributed by atoms with E-state index < -0.39 is 0 Å². The Morgan fingerprint density at radius 3 is 2.54 bits per heavy atom. The Bertz CT molecular complexity index is 256. The van der Waals surface area contributed by atoms with E-state index in [4.69, 9.17) is 5.84 Å².